The molecule has 0 bridgehead atoms. The average Bonchev–Trinajstić information content (AvgIpc) is 2.37. The lowest BCUT2D eigenvalue weighted by atomic mass is 10.0. The minimum Gasteiger partial charge on any atom is -0.491 e. The summed E-state index contributed by atoms with van der Waals surface area (Å²) in [7, 11) is 0. The molecule has 0 atom stereocenters. The van der Waals surface area contributed by atoms with Gasteiger partial charge in [0.15, 0.2) is 0 Å². The zero-order valence-corrected chi connectivity index (χ0v) is 11.8. The van der Waals surface area contributed by atoms with Gasteiger partial charge in [0.1, 0.15) is 11.3 Å². The number of ether oxygens (including phenoxy) is 1. The number of anilines is 1. The number of pyridine rings is 1. The molecule has 1 heterocycles. The van der Waals surface area contributed by atoms with Gasteiger partial charge in [0.25, 0.3) is 0 Å². The van der Waals surface area contributed by atoms with E-state index in [0.29, 0.717) is 28.8 Å². The van der Waals surface area contributed by atoms with Gasteiger partial charge in [-0.2, -0.15) is 0 Å². The number of fused-ring (bicyclic) bond motifs is 1. The van der Waals surface area contributed by atoms with E-state index in [1.807, 2.05) is 26.8 Å². The fourth-order valence-corrected chi connectivity index (χ4v) is 2.16. The molecule has 0 aliphatic rings. The molecule has 0 unspecified atom stereocenters. The van der Waals surface area contributed by atoms with Gasteiger partial charge in [-0.05, 0) is 38.5 Å². The molecule has 0 radical (unpaired) electrons. The molecule has 2 rings (SSSR count). The van der Waals surface area contributed by atoms with Crippen LogP contribution in [0.1, 0.15) is 36.8 Å². The normalized spacial score (nSPS) is 11.0. The van der Waals surface area contributed by atoms with Gasteiger partial charge in [-0.25, -0.2) is 4.79 Å². The molecule has 0 fully saturated rings. The Labute approximate surface area is 117 Å². The van der Waals surface area contributed by atoms with E-state index < -0.39 is 5.97 Å². The van der Waals surface area contributed by atoms with Crippen LogP contribution in [-0.4, -0.2) is 22.2 Å². The van der Waals surface area contributed by atoms with Crippen molar-refractivity contribution in [3.63, 3.8) is 0 Å². The fourth-order valence-electron chi connectivity index (χ4n) is 2.16. The molecule has 20 heavy (non-hydrogen) atoms. The summed E-state index contributed by atoms with van der Waals surface area (Å²) in [4.78, 5) is 15.7. The number of nitrogen functional groups attached to an aromatic ring is 1. The van der Waals surface area contributed by atoms with Gasteiger partial charge in [-0.3, -0.25) is 4.98 Å². The molecular formula is C15H18N2O3. The molecule has 5 heteroatoms. The largest absolute Gasteiger partial charge is 0.491 e. The van der Waals surface area contributed by atoms with Crippen LogP contribution in [-0.2, 0) is 6.42 Å². The van der Waals surface area contributed by atoms with Gasteiger partial charge < -0.3 is 15.6 Å². The van der Waals surface area contributed by atoms with E-state index in [2.05, 4.69) is 4.98 Å². The van der Waals surface area contributed by atoms with Crippen molar-refractivity contribution in [3.05, 3.63) is 29.5 Å². The van der Waals surface area contributed by atoms with E-state index in [1.165, 1.54) is 0 Å². The lowest BCUT2D eigenvalue weighted by Crippen LogP contribution is -2.10. The summed E-state index contributed by atoms with van der Waals surface area (Å²) in [6, 6.07) is 5.35. The van der Waals surface area contributed by atoms with Crippen molar-refractivity contribution in [1.82, 2.24) is 4.98 Å². The van der Waals surface area contributed by atoms with Crippen LogP contribution < -0.4 is 10.5 Å². The number of carbonyl (C=O) groups is 1. The van der Waals surface area contributed by atoms with E-state index in [0.717, 1.165) is 0 Å². The lowest BCUT2D eigenvalue weighted by Gasteiger charge is -2.13. The smallest absolute Gasteiger partial charge is 0.339 e. The Morgan fingerprint density at radius 2 is 2.15 bits per heavy atom. The van der Waals surface area contributed by atoms with Crippen molar-refractivity contribution in [2.24, 2.45) is 0 Å². The highest BCUT2D eigenvalue weighted by atomic mass is 16.5. The molecular weight excluding hydrogens is 256 g/mol. The predicted molar refractivity (Wildman–Crippen MR) is 78.3 cm³/mol. The highest BCUT2D eigenvalue weighted by Gasteiger charge is 2.18. The summed E-state index contributed by atoms with van der Waals surface area (Å²) < 4.78 is 5.60. The van der Waals surface area contributed by atoms with Crippen LogP contribution >= 0.6 is 0 Å². The third kappa shape index (κ3) is 2.52. The highest BCUT2D eigenvalue weighted by molar-refractivity contribution is 6.04. The van der Waals surface area contributed by atoms with Gasteiger partial charge in [0.05, 0.1) is 23.0 Å². The van der Waals surface area contributed by atoms with E-state index >= 15 is 0 Å². The van der Waals surface area contributed by atoms with E-state index in [9.17, 15) is 9.90 Å². The van der Waals surface area contributed by atoms with E-state index in [4.69, 9.17) is 10.5 Å². The molecule has 0 aliphatic carbocycles. The number of aromatic carboxylic acids is 1. The lowest BCUT2D eigenvalue weighted by molar-refractivity contribution is 0.0696. The van der Waals surface area contributed by atoms with E-state index in [1.54, 1.807) is 12.1 Å². The SMILES string of the molecule is CCc1nc2ccc(OC(C)C)cc2c(N)c1C(=O)O. The summed E-state index contributed by atoms with van der Waals surface area (Å²) in [5.41, 5.74) is 7.53. The number of benzene rings is 1. The number of rotatable bonds is 4. The van der Waals surface area contributed by atoms with Gasteiger partial charge in [0.2, 0.25) is 0 Å². The zero-order valence-electron chi connectivity index (χ0n) is 11.8. The third-order valence-electron chi connectivity index (χ3n) is 2.99. The molecule has 5 nitrogen and oxygen atoms in total. The average molecular weight is 274 g/mol. The van der Waals surface area contributed by atoms with Crippen LogP contribution in [0.15, 0.2) is 18.2 Å². The van der Waals surface area contributed by atoms with Crippen LogP contribution in [0, 0.1) is 0 Å². The van der Waals surface area contributed by atoms with Gasteiger partial charge >= 0.3 is 5.97 Å². The molecule has 0 spiro atoms. The second kappa shape index (κ2) is 5.36. The van der Waals surface area contributed by atoms with Crippen molar-refractivity contribution in [2.45, 2.75) is 33.3 Å². The monoisotopic (exact) mass is 274 g/mol. The number of carboxylic acids is 1. The summed E-state index contributed by atoms with van der Waals surface area (Å²) >= 11 is 0. The van der Waals surface area contributed by atoms with Crippen molar-refractivity contribution in [1.29, 1.82) is 0 Å². The van der Waals surface area contributed by atoms with Crippen LogP contribution in [0.3, 0.4) is 0 Å². The van der Waals surface area contributed by atoms with E-state index in [-0.39, 0.29) is 17.4 Å². The molecule has 3 N–H and O–H groups in total. The van der Waals surface area contributed by atoms with Crippen LogP contribution in [0.5, 0.6) is 5.75 Å². The molecule has 1 aromatic carbocycles. The number of carboxylic acid groups (broad SMARTS) is 1. The van der Waals surface area contributed by atoms with Crippen molar-refractivity contribution in [3.8, 4) is 5.75 Å². The molecule has 0 saturated carbocycles. The minimum absolute atomic E-state index is 0.0375. The molecule has 1 aromatic heterocycles. The quantitative estimate of drug-likeness (QED) is 0.895. The maximum absolute atomic E-state index is 11.4. The standard InChI is InChI=1S/C15H18N2O3/c1-4-11-13(15(18)19)14(16)10-7-9(20-8(2)3)5-6-12(10)17-11/h5-8H,4H2,1-3H3,(H2,16,17)(H,18,19). The Morgan fingerprint density at radius 3 is 2.70 bits per heavy atom. The Kier molecular flexibility index (Phi) is 3.79. The van der Waals surface area contributed by atoms with Crippen molar-refractivity contribution >= 4 is 22.6 Å². The summed E-state index contributed by atoms with van der Waals surface area (Å²) in [5.74, 6) is -0.398. The van der Waals surface area contributed by atoms with Gasteiger partial charge in [-0.15, -0.1) is 0 Å². The Bertz CT molecular complexity index is 666. The molecule has 106 valence electrons. The first kappa shape index (κ1) is 14.1. The van der Waals surface area contributed by atoms with Crippen LogP contribution in [0.2, 0.25) is 0 Å². The van der Waals surface area contributed by atoms with Gasteiger partial charge in [0, 0.05) is 5.39 Å². The first-order chi connectivity index (χ1) is 9.43. The second-order valence-electron chi connectivity index (χ2n) is 4.85. The topological polar surface area (TPSA) is 85.4 Å². The number of aromatic nitrogens is 1. The zero-order chi connectivity index (χ0) is 14.9. The molecule has 0 amide bonds. The third-order valence-corrected chi connectivity index (χ3v) is 2.99. The number of hydrogen-bond donors (Lipinski definition) is 2. The number of nitrogens with zero attached hydrogens (tertiary/aromatic N) is 1. The number of hydrogen-bond acceptors (Lipinski definition) is 4. The molecule has 0 saturated heterocycles. The number of aryl methyl sites for hydroxylation is 1. The Hall–Kier alpha value is -2.30. The van der Waals surface area contributed by atoms with Gasteiger partial charge in [-0.1, -0.05) is 6.92 Å². The molecule has 0 aliphatic heterocycles. The summed E-state index contributed by atoms with van der Waals surface area (Å²) in [6.45, 7) is 5.71. The molecule has 2 aromatic rings. The Morgan fingerprint density at radius 1 is 1.45 bits per heavy atom. The Balaban J connectivity index is 2.68. The van der Waals surface area contributed by atoms with Crippen molar-refractivity contribution in [2.75, 3.05) is 5.73 Å². The fraction of sp³-hybridized carbons (Fsp3) is 0.333. The predicted octanol–water partition coefficient (Wildman–Crippen LogP) is 2.86. The second-order valence-corrected chi connectivity index (χ2v) is 4.85. The first-order valence-electron chi connectivity index (χ1n) is 6.56. The summed E-state index contributed by atoms with van der Waals surface area (Å²) in [5, 5.41) is 9.91. The first-order valence-corrected chi connectivity index (χ1v) is 6.56. The van der Waals surface area contributed by atoms with Crippen LogP contribution in [0.4, 0.5) is 5.69 Å². The minimum atomic E-state index is -1.05. The maximum atomic E-state index is 11.4. The van der Waals surface area contributed by atoms with Crippen LogP contribution in [0.25, 0.3) is 10.9 Å². The number of nitrogens with two attached hydrogens (primary N) is 1. The summed E-state index contributed by atoms with van der Waals surface area (Å²) in [6.07, 6.45) is 0.557. The van der Waals surface area contributed by atoms with Crippen molar-refractivity contribution < 1.29 is 14.6 Å². The highest BCUT2D eigenvalue weighted by Crippen LogP contribution is 2.29. The maximum Gasteiger partial charge on any atom is 0.339 e.